The standard InChI is InChI=1S/C9H16NO10P/c1-16-9(13)10-2-3-19-21(14,15)20-5-8(18-7-12)4-17-6-11/h6-8,14-15H,2-5H2,1H3/p+1. The largest absolute Gasteiger partial charge is 0.570 e. The van der Waals surface area contributed by atoms with Crippen molar-refractivity contribution in [3.8, 4) is 0 Å². The van der Waals surface area contributed by atoms with E-state index in [2.05, 4.69) is 28.6 Å². The van der Waals surface area contributed by atoms with Crippen LogP contribution < -0.4 is 5.32 Å². The van der Waals surface area contributed by atoms with E-state index >= 15 is 0 Å². The third kappa shape index (κ3) is 10.9. The summed E-state index contributed by atoms with van der Waals surface area (Å²) >= 11 is 0. The number of hydrogen-bond donors (Lipinski definition) is 3. The molecule has 0 spiro atoms. The van der Waals surface area contributed by atoms with E-state index in [4.69, 9.17) is 0 Å². The fraction of sp³-hybridized carbons (Fsp3) is 0.667. The summed E-state index contributed by atoms with van der Waals surface area (Å²) in [6.45, 7) is -0.833. The average molecular weight is 330 g/mol. The van der Waals surface area contributed by atoms with Crippen LogP contribution in [0.1, 0.15) is 0 Å². The Hall–Kier alpha value is -1.52. The molecule has 0 saturated heterocycles. The van der Waals surface area contributed by atoms with Crippen molar-refractivity contribution in [1.29, 1.82) is 0 Å². The molecule has 0 fully saturated rings. The van der Waals surface area contributed by atoms with Crippen LogP contribution in [-0.4, -0.2) is 68.4 Å². The van der Waals surface area contributed by atoms with E-state index in [0.717, 1.165) is 0 Å². The summed E-state index contributed by atoms with van der Waals surface area (Å²) in [6, 6.07) is 0. The highest BCUT2D eigenvalue weighted by Crippen LogP contribution is 2.52. The predicted molar refractivity (Wildman–Crippen MR) is 66.6 cm³/mol. The molecule has 0 heterocycles. The highest BCUT2D eigenvalue weighted by Gasteiger charge is 2.40. The number of carbonyl (C=O) groups excluding carboxylic acids is 3. The van der Waals surface area contributed by atoms with Gasteiger partial charge in [0.1, 0.15) is 19.8 Å². The molecule has 0 aromatic rings. The second-order valence-corrected chi connectivity index (χ2v) is 4.82. The maximum Gasteiger partial charge on any atom is 0.570 e. The van der Waals surface area contributed by atoms with Crippen molar-refractivity contribution in [2.45, 2.75) is 6.10 Å². The Morgan fingerprint density at radius 2 is 1.95 bits per heavy atom. The zero-order valence-corrected chi connectivity index (χ0v) is 12.1. The number of carbonyl (C=O) groups is 3. The van der Waals surface area contributed by atoms with Crippen molar-refractivity contribution in [2.24, 2.45) is 0 Å². The molecule has 0 aliphatic heterocycles. The van der Waals surface area contributed by atoms with Gasteiger partial charge in [0.15, 0.2) is 6.10 Å². The van der Waals surface area contributed by atoms with Gasteiger partial charge in [0, 0.05) is 6.54 Å². The summed E-state index contributed by atoms with van der Waals surface area (Å²) in [6.07, 6.45) is -1.71. The minimum Gasteiger partial charge on any atom is -0.464 e. The Bertz CT molecular complexity index is 326. The Labute approximate surface area is 120 Å². The first-order valence-electron chi connectivity index (χ1n) is 5.55. The monoisotopic (exact) mass is 330 g/mol. The molecule has 12 heteroatoms. The molecule has 1 amide bonds. The highest BCUT2D eigenvalue weighted by molar-refractivity contribution is 7.54. The molecule has 0 radical (unpaired) electrons. The van der Waals surface area contributed by atoms with Crippen LogP contribution in [0.2, 0.25) is 0 Å². The van der Waals surface area contributed by atoms with Crippen molar-refractivity contribution in [1.82, 2.24) is 5.32 Å². The Morgan fingerprint density at radius 3 is 2.52 bits per heavy atom. The second-order valence-electron chi connectivity index (χ2n) is 3.32. The van der Waals surface area contributed by atoms with Gasteiger partial charge in [0.05, 0.1) is 7.11 Å². The van der Waals surface area contributed by atoms with Gasteiger partial charge in [0.25, 0.3) is 12.9 Å². The van der Waals surface area contributed by atoms with Gasteiger partial charge in [-0.2, -0.15) is 14.3 Å². The molecule has 3 N–H and O–H groups in total. The fourth-order valence-electron chi connectivity index (χ4n) is 0.959. The summed E-state index contributed by atoms with van der Waals surface area (Å²) in [5, 5.41) is 2.24. The minimum atomic E-state index is -4.15. The molecule has 122 valence electrons. The van der Waals surface area contributed by atoms with Gasteiger partial charge >= 0.3 is 14.3 Å². The van der Waals surface area contributed by atoms with E-state index in [1.165, 1.54) is 7.11 Å². The summed E-state index contributed by atoms with van der Waals surface area (Å²) in [5.74, 6) is 0. The van der Waals surface area contributed by atoms with Crippen LogP contribution >= 0.6 is 8.17 Å². The SMILES string of the molecule is COC(=O)NCCO[P+](O)(O)OCC(COC=O)OC=O. The van der Waals surface area contributed by atoms with Crippen LogP contribution in [0.3, 0.4) is 0 Å². The number of amides is 1. The topological polar surface area (TPSA) is 150 Å². The molecule has 0 aliphatic carbocycles. The molecular formula is C9H17NO10P+. The molecular weight excluding hydrogens is 313 g/mol. The number of alkyl carbamates (subject to hydrolysis) is 1. The molecule has 0 bridgehead atoms. The van der Waals surface area contributed by atoms with E-state index in [9.17, 15) is 24.2 Å². The first-order chi connectivity index (χ1) is 9.95. The van der Waals surface area contributed by atoms with Gasteiger partial charge in [-0.3, -0.25) is 9.59 Å². The van der Waals surface area contributed by atoms with E-state index in [1.807, 2.05) is 0 Å². The smallest absolute Gasteiger partial charge is 0.464 e. The van der Waals surface area contributed by atoms with Gasteiger partial charge in [-0.15, -0.1) is 4.52 Å². The van der Waals surface area contributed by atoms with Crippen molar-refractivity contribution in [3.63, 3.8) is 0 Å². The Kier molecular flexibility index (Phi) is 10.4. The number of nitrogens with one attached hydrogen (secondary N) is 1. The average Bonchev–Trinajstić information content (AvgIpc) is 2.46. The number of ether oxygens (including phenoxy) is 3. The van der Waals surface area contributed by atoms with Gasteiger partial charge in [0.2, 0.25) is 0 Å². The molecule has 0 aliphatic rings. The second kappa shape index (κ2) is 11.2. The quantitative estimate of drug-likeness (QED) is 0.171. The third-order valence-corrected chi connectivity index (χ3v) is 2.85. The highest BCUT2D eigenvalue weighted by atomic mass is 31.2. The lowest BCUT2D eigenvalue weighted by Gasteiger charge is -2.15. The van der Waals surface area contributed by atoms with Crippen molar-refractivity contribution in [3.05, 3.63) is 0 Å². The van der Waals surface area contributed by atoms with E-state index in [0.29, 0.717) is 0 Å². The molecule has 0 aromatic heterocycles. The third-order valence-electron chi connectivity index (χ3n) is 1.84. The molecule has 1 unspecified atom stereocenters. The summed E-state index contributed by atoms with van der Waals surface area (Å²) in [4.78, 5) is 49.7. The lowest BCUT2D eigenvalue weighted by Crippen LogP contribution is -2.28. The van der Waals surface area contributed by atoms with Crippen molar-refractivity contribution < 1.29 is 47.4 Å². The fourth-order valence-corrected chi connectivity index (χ4v) is 1.72. The van der Waals surface area contributed by atoms with Crippen LogP contribution in [0.15, 0.2) is 0 Å². The molecule has 21 heavy (non-hydrogen) atoms. The zero-order chi connectivity index (χ0) is 16.1. The summed E-state index contributed by atoms with van der Waals surface area (Å²) in [5.41, 5.74) is 0. The minimum absolute atomic E-state index is 0.0403. The van der Waals surface area contributed by atoms with Crippen LogP contribution in [0, 0.1) is 0 Å². The first-order valence-corrected chi connectivity index (χ1v) is 7.08. The van der Waals surface area contributed by atoms with E-state index in [-0.39, 0.29) is 32.7 Å². The van der Waals surface area contributed by atoms with Gasteiger partial charge in [-0.05, 0) is 0 Å². The Balaban J connectivity index is 3.98. The zero-order valence-electron chi connectivity index (χ0n) is 11.2. The first kappa shape index (κ1) is 19.5. The summed E-state index contributed by atoms with van der Waals surface area (Å²) < 4.78 is 22.4. The maximum absolute atomic E-state index is 10.7. The van der Waals surface area contributed by atoms with Crippen LogP contribution in [0.25, 0.3) is 0 Å². The molecule has 1 atom stereocenters. The Morgan fingerprint density at radius 1 is 1.24 bits per heavy atom. The van der Waals surface area contributed by atoms with Gasteiger partial charge in [-0.1, -0.05) is 0 Å². The van der Waals surface area contributed by atoms with Crippen molar-refractivity contribution in [2.75, 3.05) is 33.5 Å². The number of rotatable bonds is 12. The normalized spacial score (nSPS) is 12.1. The lowest BCUT2D eigenvalue weighted by molar-refractivity contribution is -0.144. The molecule has 0 aromatic carbocycles. The van der Waals surface area contributed by atoms with Crippen LogP contribution in [0.5, 0.6) is 0 Å². The number of methoxy groups -OCH3 is 1. The molecule has 0 rings (SSSR count). The van der Waals surface area contributed by atoms with Gasteiger partial charge in [-0.25, -0.2) is 4.79 Å². The van der Waals surface area contributed by atoms with Crippen molar-refractivity contribution >= 4 is 27.2 Å². The predicted octanol–water partition coefficient (Wildman–Crippen LogP) is -1.25. The van der Waals surface area contributed by atoms with E-state index < -0.39 is 27.0 Å². The van der Waals surface area contributed by atoms with Gasteiger partial charge < -0.3 is 19.5 Å². The van der Waals surface area contributed by atoms with Crippen LogP contribution in [-0.2, 0) is 32.8 Å². The van der Waals surface area contributed by atoms with E-state index in [1.54, 1.807) is 0 Å². The van der Waals surface area contributed by atoms with Crippen LogP contribution in [0.4, 0.5) is 4.79 Å². The summed E-state index contributed by atoms with van der Waals surface area (Å²) in [7, 11) is -2.98. The lowest BCUT2D eigenvalue weighted by atomic mass is 10.4. The maximum atomic E-state index is 10.7. The molecule has 0 saturated carbocycles. The molecule has 11 nitrogen and oxygen atoms in total. The number of hydrogen-bond acceptors (Lipinski definition) is 10.